The molecule has 144 valence electrons. The van der Waals surface area contributed by atoms with E-state index in [4.69, 9.17) is 4.74 Å². The summed E-state index contributed by atoms with van der Waals surface area (Å²) in [5.74, 6) is 0.591. The fraction of sp³-hybridized carbons (Fsp3) is 0.263. The van der Waals surface area contributed by atoms with Crippen molar-refractivity contribution < 1.29 is 13.9 Å². The van der Waals surface area contributed by atoms with Gasteiger partial charge in [0.2, 0.25) is 5.88 Å². The van der Waals surface area contributed by atoms with Crippen LogP contribution in [-0.2, 0) is 0 Å². The molecule has 2 aromatic heterocycles. The zero-order valence-electron chi connectivity index (χ0n) is 15.0. The summed E-state index contributed by atoms with van der Waals surface area (Å²) in [5, 5.41) is 14.9. The van der Waals surface area contributed by atoms with E-state index in [0.29, 0.717) is 37.6 Å². The van der Waals surface area contributed by atoms with Gasteiger partial charge in [-0.2, -0.15) is 5.10 Å². The van der Waals surface area contributed by atoms with Crippen LogP contribution in [0.25, 0.3) is 5.82 Å². The summed E-state index contributed by atoms with van der Waals surface area (Å²) in [4.78, 5) is 14.0. The Hall–Kier alpha value is -3.49. The molecule has 1 N–H and O–H groups in total. The largest absolute Gasteiger partial charge is 0.473 e. The van der Waals surface area contributed by atoms with Gasteiger partial charge in [-0.15, -0.1) is 10.2 Å². The molecular weight excluding hydrogens is 363 g/mol. The normalized spacial score (nSPS) is 14.7. The number of nitrogens with zero attached hydrogens (tertiary/aromatic N) is 5. The second-order valence-corrected chi connectivity index (χ2v) is 6.39. The van der Waals surface area contributed by atoms with E-state index in [0.717, 1.165) is 0 Å². The minimum atomic E-state index is -0.453. The maximum Gasteiger partial charge on any atom is 0.321 e. The Morgan fingerprint density at radius 2 is 1.93 bits per heavy atom. The third-order valence-electron chi connectivity index (χ3n) is 4.50. The Bertz CT molecular complexity index is 924. The first-order chi connectivity index (χ1) is 13.7. The van der Waals surface area contributed by atoms with E-state index in [2.05, 4.69) is 20.6 Å². The first-order valence-electron chi connectivity index (χ1n) is 9.00. The fourth-order valence-electron chi connectivity index (χ4n) is 3.01. The number of rotatable bonds is 4. The number of hydrogen-bond acceptors (Lipinski definition) is 5. The smallest absolute Gasteiger partial charge is 0.321 e. The highest BCUT2D eigenvalue weighted by Crippen LogP contribution is 2.19. The monoisotopic (exact) mass is 382 g/mol. The van der Waals surface area contributed by atoms with E-state index in [1.165, 1.54) is 12.1 Å². The zero-order chi connectivity index (χ0) is 19.3. The number of anilines is 1. The van der Waals surface area contributed by atoms with Crippen LogP contribution >= 0.6 is 0 Å². The van der Waals surface area contributed by atoms with Gasteiger partial charge in [0.1, 0.15) is 11.9 Å². The molecule has 1 aliphatic heterocycles. The number of ether oxygens (including phenoxy) is 1. The van der Waals surface area contributed by atoms with Crippen molar-refractivity contribution in [2.24, 2.45) is 0 Å². The average Bonchev–Trinajstić information content (AvgIpc) is 3.26. The van der Waals surface area contributed by atoms with Crippen molar-refractivity contribution in [3.05, 3.63) is 60.7 Å². The SMILES string of the molecule is O=C(Nc1ccccc1F)N1CCC(Oc2ccc(-n3cccn3)nn2)CC1. The molecular formula is C19H19FN6O2. The first kappa shape index (κ1) is 17.9. The molecule has 1 saturated heterocycles. The summed E-state index contributed by atoms with van der Waals surface area (Å²) in [7, 11) is 0. The van der Waals surface area contributed by atoms with Crippen LogP contribution in [0.5, 0.6) is 5.88 Å². The lowest BCUT2D eigenvalue weighted by molar-refractivity contribution is 0.110. The van der Waals surface area contributed by atoms with E-state index < -0.39 is 5.82 Å². The van der Waals surface area contributed by atoms with Crippen LogP contribution in [0.4, 0.5) is 14.9 Å². The Morgan fingerprint density at radius 3 is 2.61 bits per heavy atom. The number of nitrogens with one attached hydrogen (secondary N) is 1. The van der Waals surface area contributed by atoms with Crippen LogP contribution in [0.1, 0.15) is 12.8 Å². The molecule has 2 amide bonds. The van der Waals surface area contributed by atoms with Crippen LogP contribution < -0.4 is 10.1 Å². The highest BCUT2D eigenvalue weighted by Gasteiger charge is 2.24. The molecule has 3 aromatic rings. The van der Waals surface area contributed by atoms with Crippen molar-refractivity contribution in [2.45, 2.75) is 18.9 Å². The molecule has 1 aromatic carbocycles. The third kappa shape index (κ3) is 4.08. The standard InChI is InChI=1S/C19H19FN6O2/c20-15-4-1-2-5-16(15)22-19(27)25-12-8-14(9-13-25)28-18-7-6-17(23-24-18)26-11-3-10-21-26/h1-7,10-11,14H,8-9,12-13H2,(H,22,27). The molecule has 1 fully saturated rings. The average molecular weight is 382 g/mol. The van der Waals surface area contributed by atoms with Crippen LogP contribution in [0.15, 0.2) is 54.9 Å². The molecule has 0 bridgehead atoms. The van der Waals surface area contributed by atoms with Crippen molar-refractivity contribution in [3.8, 4) is 11.7 Å². The zero-order valence-corrected chi connectivity index (χ0v) is 15.0. The number of carbonyl (C=O) groups excluding carboxylic acids is 1. The maximum absolute atomic E-state index is 13.7. The molecule has 0 saturated carbocycles. The molecule has 0 atom stereocenters. The van der Waals surface area contributed by atoms with Crippen molar-refractivity contribution in [3.63, 3.8) is 0 Å². The second kappa shape index (κ2) is 8.03. The number of aromatic nitrogens is 4. The second-order valence-electron chi connectivity index (χ2n) is 6.39. The molecule has 0 radical (unpaired) electrons. The van der Waals surface area contributed by atoms with Gasteiger partial charge in [-0.05, 0) is 24.3 Å². The summed E-state index contributed by atoms with van der Waals surface area (Å²) >= 11 is 0. The van der Waals surface area contributed by atoms with Crippen molar-refractivity contribution >= 4 is 11.7 Å². The van der Waals surface area contributed by atoms with Gasteiger partial charge in [0.15, 0.2) is 5.82 Å². The molecule has 0 spiro atoms. The predicted octanol–water partition coefficient (Wildman–Crippen LogP) is 2.88. The first-order valence-corrected chi connectivity index (χ1v) is 9.00. The van der Waals surface area contributed by atoms with Gasteiger partial charge >= 0.3 is 6.03 Å². The van der Waals surface area contributed by atoms with Crippen LogP contribution in [0.3, 0.4) is 0 Å². The molecule has 9 heteroatoms. The highest BCUT2D eigenvalue weighted by atomic mass is 19.1. The fourth-order valence-corrected chi connectivity index (χ4v) is 3.01. The van der Waals surface area contributed by atoms with Crippen molar-refractivity contribution in [1.29, 1.82) is 0 Å². The predicted molar refractivity (Wildman–Crippen MR) is 99.8 cm³/mol. The molecule has 8 nitrogen and oxygen atoms in total. The Morgan fingerprint density at radius 1 is 1.11 bits per heavy atom. The topological polar surface area (TPSA) is 85.2 Å². The lowest BCUT2D eigenvalue weighted by Crippen LogP contribution is -2.43. The van der Waals surface area contributed by atoms with Gasteiger partial charge in [0, 0.05) is 44.4 Å². The number of carbonyl (C=O) groups is 1. The number of benzene rings is 1. The molecule has 1 aliphatic rings. The summed E-state index contributed by atoms with van der Waals surface area (Å²) in [6.07, 6.45) is 4.72. The Labute approximate surface area is 160 Å². The Balaban J connectivity index is 1.28. The van der Waals surface area contributed by atoms with E-state index in [1.807, 2.05) is 6.07 Å². The lowest BCUT2D eigenvalue weighted by Gasteiger charge is -2.31. The molecule has 0 unspecified atom stereocenters. The van der Waals surface area contributed by atoms with Crippen LogP contribution in [0.2, 0.25) is 0 Å². The Kier molecular flexibility index (Phi) is 5.14. The summed E-state index contributed by atoms with van der Waals surface area (Å²) in [6, 6.07) is 11.1. The van der Waals surface area contributed by atoms with Gasteiger partial charge in [0.05, 0.1) is 5.69 Å². The van der Waals surface area contributed by atoms with Crippen LogP contribution in [-0.4, -0.2) is 50.1 Å². The van der Waals surface area contributed by atoms with Crippen LogP contribution in [0, 0.1) is 5.82 Å². The van der Waals surface area contributed by atoms with Gasteiger partial charge in [0.25, 0.3) is 0 Å². The molecule has 0 aliphatic carbocycles. The quantitative estimate of drug-likeness (QED) is 0.750. The number of urea groups is 1. The molecule has 3 heterocycles. The summed E-state index contributed by atoms with van der Waals surface area (Å²) in [5.41, 5.74) is 0.179. The number of para-hydroxylation sites is 1. The van der Waals surface area contributed by atoms with Gasteiger partial charge < -0.3 is 15.0 Å². The summed E-state index contributed by atoms with van der Waals surface area (Å²) < 4.78 is 21.2. The van der Waals surface area contributed by atoms with E-state index in [1.54, 1.807) is 46.2 Å². The summed E-state index contributed by atoms with van der Waals surface area (Å²) in [6.45, 7) is 1.04. The third-order valence-corrected chi connectivity index (χ3v) is 4.50. The number of likely N-dealkylation sites (tertiary alicyclic amines) is 1. The highest BCUT2D eigenvalue weighted by molar-refractivity contribution is 5.89. The maximum atomic E-state index is 13.7. The number of amides is 2. The van der Waals surface area contributed by atoms with E-state index >= 15 is 0 Å². The number of halogens is 1. The van der Waals surface area contributed by atoms with E-state index in [-0.39, 0.29) is 17.8 Å². The minimum absolute atomic E-state index is 0.0534. The van der Waals surface area contributed by atoms with Gasteiger partial charge in [-0.1, -0.05) is 12.1 Å². The number of piperidine rings is 1. The van der Waals surface area contributed by atoms with Gasteiger partial charge in [-0.25, -0.2) is 13.9 Å². The van der Waals surface area contributed by atoms with Crippen molar-refractivity contribution in [2.75, 3.05) is 18.4 Å². The number of hydrogen-bond donors (Lipinski definition) is 1. The van der Waals surface area contributed by atoms with Gasteiger partial charge in [-0.3, -0.25) is 0 Å². The molecule has 28 heavy (non-hydrogen) atoms. The lowest BCUT2D eigenvalue weighted by atomic mass is 10.1. The molecule has 4 rings (SSSR count). The minimum Gasteiger partial charge on any atom is -0.473 e. The van der Waals surface area contributed by atoms with Crippen molar-refractivity contribution in [1.82, 2.24) is 24.9 Å². The van der Waals surface area contributed by atoms with E-state index in [9.17, 15) is 9.18 Å².